The molecule has 0 saturated heterocycles. The van der Waals surface area contributed by atoms with Crippen LogP contribution in [0.4, 0.5) is 14.5 Å². The summed E-state index contributed by atoms with van der Waals surface area (Å²) in [5.74, 6) is -0.784. The molecule has 1 amide bonds. The van der Waals surface area contributed by atoms with Crippen LogP contribution in [0.2, 0.25) is 0 Å². The molecule has 2 aromatic carbocycles. The number of nitrogens with one attached hydrogen (secondary N) is 2. The minimum Gasteiger partial charge on any atom is -0.380 e. The fraction of sp³-hybridized carbons (Fsp3) is 0.143. The van der Waals surface area contributed by atoms with Gasteiger partial charge in [-0.3, -0.25) is 9.78 Å². The van der Waals surface area contributed by atoms with E-state index in [1.54, 1.807) is 36.5 Å². The number of pyridine rings is 1. The molecule has 0 saturated carbocycles. The molecule has 0 aliphatic heterocycles. The maximum absolute atomic E-state index is 12.9. The van der Waals surface area contributed by atoms with Gasteiger partial charge in [0.2, 0.25) is 0 Å². The predicted molar refractivity (Wildman–Crippen MR) is 100 cm³/mol. The summed E-state index contributed by atoms with van der Waals surface area (Å²) in [6, 6.07) is 14.1. The highest BCUT2D eigenvalue weighted by atomic mass is 19.1. The van der Waals surface area contributed by atoms with Gasteiger partial charge in [-0.2, -0.15) is 0 Å². The number of hydrogen-bond donors (Lipinski definition) is 2. The number of halogens is 2. The Bertz CT molecular complexity index is 896. The van der Waals surface area contributed by atoms with E-state index in [1.807, 2.05) is 0 Å². The molecule has 0 aliphatic carbocycles. The Labute approximate surface area is 156 Å². The third-order valence-electron chi connectivity index (χ3n) is 4.02. The number of anilines is 1. The van der Waals surface area contributed by atoms with Crippen molar-refractivity contribution in [3.63, 3.8) is 0 Å². The third kappa shape index (κ3) is 5.60. The van der Waals surface area contributed by atoms with Gasteiger partial charge in [-0.05, 0) is 47.9 Å². The zero-order valence-electron chi connectivity index (χ0n) is 14.6. The van der Waals surface area contributed by atoms with E-state index in [2.05, 4.69) is 15.6 Å². The maximum Gasteiger partial charge on any atom is 0.252 e. The normalized spacial score (nSPS) is 10.4. The van der Waals surface area contributed by atoms with E-state index in [4.69, 9.17) is 0 Å². The largest absolute Gasteiger partial charge is 0.380 e. The molecule has 4 nitrogen and oxygen atoms in total. The van der Waals surface area contributed by atoms with Crippen molar-refractivity contribution in [1.29, 1.82) is 0 Å². The van der Waals surface area contributed by atoms with Crippen LogP contribution in [0.5, 0.6) is 0 Å². The molecule has 0 spiro atoms. The second-order valence-corrected chi connectivity index (χ2v) is 6.07. The number of carbonyl (C=O) groups is 1. The lowest BCUT2D eigenvalue weighted by molar-refractivity contribution is 0.0954. The number of nitrogens with zero attached hydrogens (tertiary/aromatic N) is 1. The molecule has 3 rings (SSSR count). The van der Waals surface area contributed by atoms with Crippen molar-refractivity contribution in [1.82, 2.24) is 10.3 Å². The summed E-state index contributed by atoms with van der Waals surface area (Å²) in [6.45, 7) is 0.940. The minimum absolute atomic E-state index is 0.227. The van der Waals surface area contributed by atoms with Gasteiger partial charge in [-0.15, -0.1) is 0 Å². The van der Waals surface area contributed by atoms with Gasteiger partial charge in [0, 0.05) is 25.5 Å². The van der Waals surface area contributed by atoms with E-state index in [0.717, 1.165) is 11.1 Å². The molecule has 1 heterocycles. The van der Waals surface area contributed by atoms with Crippen LogP contribution in [-0.2, 0) is 13.0 Å². The molecule has 0 radical (unpaired) electrons. The number of amides is 1. The lowest BCUT2D eigenvalue weighted by Gasteiger charge is -2.09. The summed E-state index contributed by atoms with van der Waals surface area (Å²) < 4.78 is 25.8. The van der Waals surface area contributed by atoms with Crippen LogP contribution in [-0.4, -0.2) is 17.4 Å². The Kier molecular flexibility index (Phi) is 6.10. The molecular formula is C21H19F2N3O. The topological polar surface area (TPSA) is 54.0 Å². The zero-order chi connectivity index (χ0) is 19.1. The van der Waals surface area contributed by atoms with Gasteiger partial charge in [0.05, 0.1) is 11.3 Å². The summed E-state index contributed by atoms with van der Waals surface area (Å²) >= 11 is 0. The van der Waals surface area contributed by atoms with Crippen LogP contribution in [0.3, 0.4) is 0 Å². The standard InChI is InChI=1S/C21H19F2N3O/c22-18-5-1-15(2-6-18)9-10-25-21(27)17-11-20(14-24-13-17)26-12-16-3-7-19(23)8-4-16/h1-8,11,13-14,26H,9-10,12H2,(H,25,27). The van der Waals surface area contributed by atoms with Crippen LogP contribution in [0.1, 0.15) is 21.5 Å². The van der Waals surface area contributed by atoms with Crippen LogP contribution in [0.15, 0.2) is 67.0 Å². The summed E-state index contributed by atoms with van der Waals surface area (Å²) in [5.41, 5.74) is 3.01. The van der Waals surface area contributed by atoms with Crippen molar-refractivity contribution in [2.75, 3.05) is 11.9 Å². The maximum atomic E-state index is 12.9. The Morgan fingerprint density at radius 2 is 1.52 bits per heavy atom. The number of hydrogen-bond acceptors (Lipinski definition) is 3. The second-order valence-electron chi connectivity index (χ2n) is 6.07. The highest BCUT2D eigenvalue weighted by Gasteiger charge is 2.07. The lowest BCUT2D eigenvalue weighted by atomic mass is 10.1. The van der Waals surface area contributed by atoms with Crippen molar-refractivity contribution < 1.29 is 13.6 Å². The first-order valence-corrected chi connectivity index (χ1v) is 8.56. The number of benzene rings is 2. The minimum atomic E-state index is -0.279. The smallest absolute Gasteiger partial charge is 0.252 e. The van der Waals surface area contributed by atoms with Gasteiger partial charge >= 0.3 is 0 Å². The molecule has 138 valence electrons. The van der Waals surface area contributed by atoms with E-state index in [9.17, 15) is 13.6 Å². The number of rotatable bonds is 7. The van der Waals surface area contributed by atoms with E-state index in [-0.39, 0.29) is 17.5 Å². The molecule has 2 N–H and O–H groups in total. The second kappa shape index (κ2) is 8.89. The van der Waals surface area contributed by atoms with Gasteiger partial charge in [0.1, 0.15) is 11.6 Å². The van der Waals surface area contributed by atoms with Crippen molar-refractivity contribution in [2.45, 2.75) is 13.0 Å². The lowest BCUT2D eigenvalue weighted by Crippen LogP contribution is -2.25. The molecule has 6 heteroatoms. The number of carbonyl (C=O) groups excluding carboxylic acids is 1. The van der Waals surface area contributed by atoms with Crippen molar-refractivity contribution in [2.24, 2.45) is 0 Å². The van der Waals surface area contributed by atoms with E-state index in [1.165, 1.54) is 30.5 Å². The Morgan fingerprint density at radius 3 is 2.19 bits per heavy atom. The molecular weight excluding hydrogens is 348 g/mol. The molecule has 0 aliphatic rings. The summed E-state index contributed by atoms with van der Waals surface area (Å²) in [7, 11) is 0. The third-order valence-corrected chi connectivity index (χ3v) is 4.02. The first-order chi connectivity index (χ1) is 13.1. The molecule has 0 bridgehead atoms. The van der Waals surface area contributed by atoms with Gasteiger partial charge in [0.15, 0.2) is 0 Å². The van der Waals surface area contributed by atoms with Crippen molar-refractivity contribution in [3.8, 4) is 0 Å². The molecule has 0 fully saturated rings. The first kappa shape index (κ1) is 18.5. The molecule has 3 aromatic rings. The fourth-order valence-electron chi connectivity index (χ4n) is 2.54. The number of aromatic nitrogens is 1. The van der Waals surface area contributed by atoms with Crippen LogP contribution >= 0.6 is 0 Å². The molecule has 27 heavy (non-hydrogen) atoms. The highest BCUT2D eigenvalue weighted by Crippen LogP contribution is 2.11. The SMILES string of the molecule is O=C(NCCc1ccc(F)cc1)c1cncc(NCc2ccc(F)cc2)c1. The van der Waals surface area contributed by atoms with Gasteiger partial charge < -0.3 is 10.6 Å². The average molecular weight is 367 g/mol. The summed E-state index contributed by atoms with van der Waals surface area (Å²) in [4.78, 5) is 16.4. The Hall–Kier alpha value is -3.28. The van der Waals surface area contributed by atoms with Crippen molar-refractivity contribution in [3.05, 3.63) is 95.3 Å². The van der Waals surface area contributed by atoms with Crippen LogP contribution < -0.4 is 10.6 Å². The highest BCUT2D eigenvalue weighted by molar-refractivity contribution is 5.94. The van der Waals surface area contributed by atoms with Crippen LogP contribution in [0.25, 0.3) is 0 Å². The quantitative estimate of drug-likeness (QED) is 0.665. The molecule has 0 unspecified atom stereocenters. The fourth-order valence-corrected chi connectivity index (χ4v) is 2.54. The van der Waals surface area contributed by atoms with Gasteiger partial charge in [-0.25, -0.2) is 8.78 Å². The predicted octanol–water partition coefficient (Wildman–Crippen LogP) is 3.94. The van der Waals surface area contributed by atoms with E-state index < -0.39 is 0 Å². The van der Waals surface area contributed by atoms with E-state index in [0.29, 0.717) is 30.8 Å². The monoisotopic (exact) mass is 367 g/mol. The summed E-state index contributed by atoms with van der Waals surface area (Å²) in [5, 5.41) is 5.99. The van der Waals surface area contributed by atoms with Crippen LogP contribution in [0, 0.1) is 11.6 Å². The average Bonchev–Trinajstić information content (AvgIpc) is 2.69. The molecule has 0 atom stereocenters. The zero-order valence-corrected chi connectivity index (χ0v) is 14.6. The van der Waals surface area contributed by atoms with Crippen molar-refractivity contribution >= 4 is 11.6 Å². The van der Waals surface area contributed by atoms with Gasteiger partial charge in [-0.1, -0.05) is 24.3 Å². The first-order valence-electron chi connectivity index (χ1n) is 8.56. The Morgan fingerprint density at radius 1 is 0.889 bits per heavy atom. The Balaban J connectivity index is 1.51. The van der Waals surface area contributed by atoms with Gasteiger partial charge in [0.25, 0.3) is 5.91 Å². The molecule has 1 aromatic heterocycles. The summed E-state index contributed by atoms with van der Waals surface area (Å²) in [6.07, 6.45) is 3.73. The van der Waals surface area contributed by atoms with E-state index >= 15 is 0 Å².